The first-order chi connectivity index (χ1) is 9.60. The van der Waals surface area contributed by atoms with Crippen molar-refractivity contribution in [2.75, 3.05) is 19.0 Å². The Hall–Kier alpha value is -2.64. The highest BCUT2D eigenvalue weighted by molar-refractivity contribution is 5.57. The van der Waals surface area contributed by atoms with Gasteiger partial charge in [-0.15, -0.1) is 0 Å². The number of anilines is 1. The fourth-order valence-corrected chi connectivity index (χ4v) is 1.75. The summed E-state index contributed by atoms with van der Waals surface area (Å²) in [6, 6.07) is 2.84. The van der Waals surface area contributed by atoms with E-state index in [-0.39, 0.29) is 11.5 Å². The van der Waals surface area contributed by atoms with Gasteiger partial charge < -0.3 is 10.1 Å². The lowest BCUT2D eigenvalue weighted by Gasteiger charge is -2.07. The van der Waals surface area contributed by atoms with E-state index in [1.807, 2.05) is 13.2 Å². The molecule has 0 spiro atoms. The molecular formula is C12H15N5O3. The van der Waals surface area contributed by atoms with Gasteiger partial charge in [-0.3, -0.25) is 14.8 Å². The summed E-state index contributed by atoms with van der Waals surface area (Å²) in [5.74, 6) is 0.540. The Bertz CT molecular complexity index is 611. The fraction of sp³-hybridized carbons (Fsp3) is 0.333. The fourth-order valence-electron chi connectivity index (χ4n) is 1.75. The summed E-state index contributed by atoms with van der Waals surface area (Å²) in [5.41, 5.74) is 0.975. The van der Waals surface area contributed by atoms with Gasteiger partial charge in [0.25, 0.3) is 0 Å². The average molecular weight is 277 g/mol. The van der Waals surface area contributed by atoms with Crippen molar-refractivity contribution < 1.29 is 9.66 Å². The molecule has 0 bridgehead atoms. The minimum Gasteiger partial charge on any atom is -0.481 e. The van der Waals surface area contributed by atoms with Crippen LogP contribution < -0.4 is 10.1 Å². The summed E-state index contributed by atoms with van der Waals surface area (Å²) in [4.78, 5) is 14.5. The highest BCUT2D eigenvalue weighted by Crippen LogP contribution is 2.24. The van der Waals surface area contributed by atoms with Crippen LogP contribution >= 0.6 is 0 Å². The molecule has 0 saturated heterocycles. The maximum Gasteiger partial charge on any atom is 0.311 e. The van der Waals surface area contributed by atoms with Crippen molar-refractivity contribution in [3.63, 3.8) is 0 Å². The number of aryl methyl sites for hydroxylation is 1. The number of rotatable bonds is 6. The number of nitrogens with one attached hydrogen (secondary N) is 1. The second-order valence-corrected chi connectivity index (χ2v) is 4.18. The molecule has 0 aromatic carbocycles. The number of pyridine rings is 1. The molecule has 2 heterocycles. The lowest BCUT2D eigenvalue weighted by molar-refractivity contribution is -0.384. The smallest absolute Gasteiger partial charge is 0.311 e. The lowest BCUT2D eigenvalue weighted by atomic mass is 10.2. The van der Waals surface area contributed by atoms with E-state index in [0.717, 1.165) is 5.56 Å². The minimum absolute atomic E-state index is 0.0722. The van der Waals surface area contributed by atoms with Crippen molar-refractivity contribution >= 4 is 11.5 Å². The van der Waals surface area contributed by atoms with E-state index in [1.165, 1.54) is 19.2 Å². The standard InChI is InChI=1S/C12H15N5O3/c1-16-8-9(7-14-16)5-6-13-12-10(17(18)19)3-4-11(15-12)20-2/h3-4,7-8H,5-6H2,1-2H3,(H,13,15). The van der Waals surface area contributed by atoms with E-state index in [0.29, 0.717) is 18.8 Å². The molecule has 20 heavy (non-hydrogen) atoms. The topological polar surface area (TPSA) is 95.1 Å². The number of nitro groups is 1. The molecule has 0 unspecified atom stereocenters. The third kappa shape index (κ3) is 3.22. The number of aromatic nitrogens is 3. The van der Waals surface area contributed by atoms with Gasteiger partial charge in [0.2, 0.25) is 11.7 Å². The number of nitrogens with zero attached hydrogens (tertiary/aromatic N) is 4. The molecule has 1 N–H and O–H groups in total. The van der Waals surface area contributed by atoms with Crippen LogP contribution in [-0.2, 0) is 13.5 Å². The van der Waals surface area contributed by atoms with Crippen LogP contribution in [0.25, 0.3) is 0 Å². The average Bonchev–Trinajstić information content (AvgIpc) is 2.84. The van der Waals surface area contributed by atoms with E-state index in [2.05, 4.69) is 15.4 Å². The summed E-state index contributed by atoms with van der Waals surface area (Å²) < 4.78 is 6.68. The Labute approximate surface area is 115 Å². The zero-order valence-corrected chi connectivity index (χ0v) is 11.2. The van der Waals surface area contributed by atoms with Crippen LogP contribution in [0.3, 0.4) is 0 Å². The zero-order chi connectivity index (χ0) is 14.5. The molecule has 0 radical (unpaired) electrons. The molecular weight excluding hydrogens is 262 g/mol. The second kappa shape index (κ2) is 6.00. The molecule has 0 aliphatic heterocycles. The minimum atomic E-state index is -0.473. The summed E-state index contributed by atoms with van der Waals surface area (Å²) >= 11 is 0. The van der Waals surface area contributed by atoms with Crippen molar-refractivity contribution in [1.82, 2.24) is 14.8 Å². The number of hydrogen-bond donors (Lipinski definition) is 1. The van der Waals surface area contributed by atoms with Crippen molar-refractivity contribution in [2.45, 2.75) is 6.42 Å². The van der Waals surface area contributed by atoms with E-state index in [1.54, 1.807) is 10.9 Å². The van der Waals surface area contributed by atoms with Crippen LogP contribution in [0.2, 0.25) is 0 Å². The monoisotopic (exact) mass is 277 g/mol. The van der Waals surface area contributed by atoms with E-state index < -0.39 is 4.92 Å². The van der Waals surface area contributed by atoms with Crippen molar-refractivity contribution in [3.8, 4) is 5.88 Å². The molecule has 0 atom stereocenters. The maximum atomic E-state index is 10.9. The molecule has 8 heteroatoms. The normalized spacial score (nSPS) is 10.3. The Morgan fingerprint density at radius 3 is 2.90 bits per heavy atom. The summed E-state index contributed by atoms with van der Waals surface area (Å²) in [6.45, 7) is 0.521. The molecule has 0 saturated carbocycles. The first kappa shape index (κ1) is 13.8. The summed E-state index contributed by atoms with van der Waals surface area (Å²) in [7, 11) is 3.30. The lowest BCUT2D eigenvalue weighted by Crippen LogP contribution is -2.08. The highest BCUT2D eigenvalue weighted by Gasteiger charge is 2.15. The van der Waals surface area contributed by atoms with Crippen molar-refractivity contribution in [2.24, 2.45) is 7.05 Å². The van der Waals surface area contributed by atoms with Gasteiger partial charge >= 0.3 is 5.69 Å². The molecule has 8 nitrogen and oxygen atoms in total. The van der Waals surface area contributed by atoms with Crippen LogP contribution in [0.15, 0.2) is 24.5 Å². The van der Waals surface area contributed by atoms with Gasteiger partial charge in [-0.25, -0.2) is 0 Å². The summed E-state index contributed by atoms with van der Waals surface area (Å²) in [5, 5.41) is 17.9. The molecule has 0 aliphatic carbocycles. The molecule has 2 aromatic heterocycles. The first-order valence-electron chi connectivity index (χ1n) is 6.01. The third-order valence-electron chi connectivity index (χ3n) is 2.72. The molecule has 0 amide bonds. The number of ether oxygens (including phenoxy) is 1. The van der Waals surface area contributed by atoms with Gasteiger partial charge in [-0.1, -0.05) is 0 Å². The Morgan fingerprint density at radius 2 is 2.30 bits per heavy atom. The van der Waals surface area contributed by atoms with Crippen LogP contribution in [0.1, 0.15) is 5.56 Å². The Kier molecular flexibility index (Phi) is 4.14. The highest BCUT2D eigenvalue weighted by atomic mass is 16.6. The largest absolute Gasteiger partial charge is 0.481 e. The third-order valence-corrected chi connectivity index (χ3v) is 2.72. The van der Waals surface area contributed by atoms with Gasteiger partial charge in [0, 0.05) is 31.9 Å². The van der Waals surface area contributed by atoms with Crippen molar-refractivity contribution in [1.29, 1.82) is 0 Å². The van der Waals surface area contributed by atoms with E-state index in [4.69, 9.17) is 4.74 Å². The molecule has 0 aliphatic rings. The molecule has 106 valence electrons. The number of methoxy groups -OCH3 is 1. The molecule has 0 fully saturated rings. The SMILES string of the molecule is COc1ccc([N+](=O)[O-])c(NCCc2cnn(C)c2)n1. The van der Waals surface area contributed by atoms with Crippen LogP contribution in [0.5, 0.6) is 5.88 Å². The Morgan fingerprint density at radius 1 is 1.50 bits per heavy atom. The van der Waals surface area contributed by atoms with Gasteiger partial charge in [0.05, 0.1) is 18.2 Å². The maximum absolute atomic E-state index is 10.9. The van der Waals surface area contributed by atoms with Crippen LogP contribution in [-0.4, -0.2) is 33.3 Å². The van der Waals surface area contributed by atoms with Gasteiger partial charge in [-0.2, -0.15) is 10.1 Å². The Balaban J connectivity index is 2.05. The van der Waals surface area contributed by atoms with Crippen LogP contribution in [0, 0.1) is 10.1 Å². The second-order valence-electron chi connectivity index (χ2n) is 4.18. The first-order valence-corrected chi connectivity index (χ1v) is 6.01. The van der Waals surface area contributed by atoms with Gasteiger partial charge in [-0.05, 0) is 12.0 Å². The van der Waals surface area contributed by atoms with Gasteiger partial charge in [0.1, 0.15) is 0 Å². The van der Waals surface area contributed by atoms with Gasteiger partial charge in [0.15, 0.2) is 0 Å². The van der Waals surface area contributed by atoms with Crippen LogP contribution in [0.4, 0.5) is 11.5 Å². The summed E-state index contributed by atoms with van der Waals surface area (Å²) in [6.07, 6.45) is 4.36. The van der Waals surface area contributed by atoms with E-state index >= 15 is 0 Å². The molecule has 2 rings (SSSR count). The molecule has 2 aromatic rings. The quantitative estimate of drug-likeness (QED) is 0.633. The predicted molar refractivity (Wildman–Crippen MR) is 72.8 cm³/mol. The number of hydrogen-bond acceptors (Lipinski definition) is 6. The zero-order valence-electron chi connectivity index (χ0n) is 11.2. The van der Waals surface area contributed by atoms with Crippen molar-refractivity contribution in [3.05, 3.63) is 40.2 Å². The van der Waals surface area contributed by atoms with E-state index in [9.17, 15) is 10.1 Å². The predicted octanol–water partition coefficient (Wildman–Crippen LogP) is 1.39.